The lowest BCUT2D eigenvalue weighted by Crippen LogP contribution is -2.32. The lowest BCUT2D eigenvalue weighted by atomic mass is 9.90. The van der Waals surface area contributed by atoms with Gasteiger partial charge in [0.15, 0.2) is 0 Å². The van der Waals surface area contributed by atoms with Crippen molar-refractivity contribution >= 4 is 5.57 Å². The lowest BCUT2D eigenvalue weighted by molar-refractivity contribution is 0.615. The average molecular weight is 211 g/mol. The van der Waals surface area contributed by atoms with Crippen LogP contribution in [0.4, 0.5) is 0 Å². The number of rotatable bonds is 2. The Kier molecular flexibility index (Phi) is 2.56. The predicted molar refractivity (Wildman–Crippen MR) is 69.9 cm³/mol. The van der Waals surface area contributed by atoms with Crippen LogP contribution in [-0.2, 0) is 5.54 Å². The second-order valence-corrected chi connectivity index (χ2v) is 4.28. The van der Waals surface area contributed by atoms with Gasteiger partial charge in [-0.1, -0.05) is 49.1 Å². The molecule has 0 amide bonds. The topological polar surface area (TPSA) is 26.0 Å². The third-order valence-electron chi connectivity index (χ3n) is 3.16. The van der Waals surface area contributed by atoms with Crippen molar-refractivity contribution in [2.75, 3.05) is 0 Å². The molecule has 0 aliphatic heterocycles. The zero-order valence-corrected chi connectivity index (χ0v) is 9.83. The maximum absolute atomic E-state index is 6.40. The monoisotopic (exact) mass is 211 g/mol. The first-order valence-electron chi connectivity index (χ1n) is 5.51. The van der Waals surface area contributed by atoms with E-state index in [0.29, 0.717) is 0 Å². The summed E-state index contributed by atoms with van der Waals surface area (Å²) in [5.74, 6) is 0. The van der Waals surface area contributed by atoms with Crippen molar-refractivity contribution in [3.63, 3.8) is 0 Å². The van der Waals surface area contributed by atoms with E-state index in [2.05, 4.69) is 24.8 Å². The number of fused-ring (bicyclic) bond motifs is 1. The summed E-state index contributed by atoms with van der Waals surface area (Å²) < 4.78 is 0. The first kappa shape index (κ1) is 10.9. The van der Waals surface area contributed by atoms with Gasteiger partial charge < -0.3 is 5.73 Å². The molecule has 1 aromatic rings. The van der Waals surface area contributed by atoms with Crippen molar-refractivity contribution in [3.8, 4) is 0 Å². The fourth-order valence-electron chi connectivity index (χ4n) is 2.41. The zero-order chi connectivity index (χ0) is 11.8. The van der Waals surface area contributed by atoms with E-state index in [0.717, 1.165) is 5.57 Å². The van der Waals surface area contributed by atoms with Gasteiger partial charge in [-0.2, -0.15) is 0 Å². The van der Waals surface area contributed by atoms with E-state index in [4.69, 9.17) is 5.73 Å². The first-order chi connectivity index (χ1) is 7.62. The van der Waals surface area contributed by atoms with Crippen molar-refractivity contribution in [2.24, 2.45) is 5.73 Å². The Balaban J connectivity index is 2.75. The Hall–Kier alpha value is -1.60. The number of allylic oxidation sites excluding steroid dienone is 3. The molecular weight excluding hydrogens is 194 g/mol. The van der Waals surface area contributed by atoms with Gasteiger partial charge in [-0.15, -0.1) is 0 Å². The second kappa shape index (κ2) is 3.76. The van der Waals surface area contributed by atoms with Crippen LogP contribution in [0.15, 0.2) is 54.6 Å². The zero-order valence-electron chi connectivity index (χ0n) is 9.83. The van der Waals surface area contributed by atoms with Crippen molar-refractivity contribution in [2.45, 2.75) is 19.4 Å². The van der Waals surface area contributed by atoms with Crippen LogP contribution in [0, 0.1) is 0 Å². The van der Waals surface area contributed by atoms with Crippen molar-refractivity contribution in [3.05, 3.63) is 65.8 Å². The molecule has 0 bridgehead atoms. The van der Waals surface area contributed by atoms with Gasteiger partial charge in [-0.25, -0.2) is 0 Å². The Morgan fingerprint density at radius 3 is 2.62 bits per heavy atom. The Labute approximate surface area is 97.0 Å². The molecular formula is C15H17N. The quantitative estimate of drug-likeness (QED) is 0.797. The maximum atomic E-state index is 6.40. The number of benzene rings is 1. The number of hydrogen-bond acceptors (Lipinski definition) is 1. The first-order valence-corrected chi connectivity index (χ1v) is 5.51. The minimum Gasteiger partial charge on any atom is -0.318 e. The molecule has 0 saturated carbocycles. The maximum Gasteiger partial charge on any atom is 0.0648 e. The fraction of sp³-hybridized carbons (Fsp3) is 0.200. The van der Waals surface area contributed by atoms with E-state index in [1.807, 2.05) is 38.1 Å². The summed E-state index contributed by atoms with van der Waals surface area (Å²) in [5.41, 5.74) is 10.7. The molecule has 0 spiro atoms. The third kappa shape index (κ3) is 1.36. The van der Waals surface area contributed by atoms with E-state index in [-0.39, 0.29) is 0 Å². The highest BCUT2D eigenvalue weighted by atomic mass is 14.7. The van der Waals surface area contributed by atoms with Crippen LogP contribution in [-0.4, -0.2) is 0 Å². The van der Waals surface area contributed by atoms with Crippen LogP contribution in [0.2, 0.25) is 0 Å². The van der Waals surface area contributed by atoms with Gasteiger partial charge in [-0.3, -0.25) is 0 Å². The molecule has 0 fully saturated rings. The molecule has 0 radical (unpaired) electrons. The molecule has 0 saturated heterocycles. The summed E-state index contributed by atoms with van der Waals surface area (Å²) in [4.78, 5) is 0. The van der Waals surface area contributed by atoms with Gasteiger partial charge >= 0.3 is 0 Å². The molecule has 1 heteroatoms. The molecule has 1 unspecified atom stereocenters. The van der Waals surface area contributed by atoms with Gasteiger partial charge in [0.2, 0.25) is 0 Å². The minimum absolute atomic E-state index is 0.423. The van der Waals surface area contributed by atoms with Gasteiger partial charge in [-0.05, 0) is 36.1 Å². The van der Waals surface area contributed by atoms with E-state index in [1.54, 1.807) is 0 Å². The van der Waals surface area contributed by atoms with Crippen molar-refractivity contribution in [1.29, 1.82) is 0 Å². The smallest absolute Gasteiger partial charge is 0.0648 e. The van der Waals surface area contributed by atoms with Crippen LogP contribution in [0.1, 0.15) is 25.0 Å². The molecule has 1 aliphatic rings. The number of hydrogen-bond donors (Lipinski definition) is 1. The third-order valence-corrected chi connectivity index (χ3v) is 3.16. The van der Waals surface area contributed by atoms with Crippen LogP contribution in [0.5, 0.6) is 0 Å². The molecule has 1 aliphatic carbocycles. The van der Waals surface area contributed by atoms with E-state index < -0.39 is 5.54 Å². The van der Waals surface area contributed by atoms with Crippen LogP contribution in [0.25, 0.3) is 5.57 Å². The molecule has 16 heavy (non-hydrogen) atoms. The SMILES string of the molecule is C=CC1=C(/C=C\C)c2ccccc2C1(C)N. The normalized spacial score (nSPS) is 23.9. The molecule has 2 N–H and O–H groups in total. The highest BCUT2D eigenvalue weighted by molar-refractivity contribution is 5.87. The Morgan fingerprint density at radius 1 is 1.31 bits per heavy atom. The molecule has 82 valence electrons. The summed E-state index contributed by atoms with van der Waals surface area (Å²) in [6.45, 7) is 7.94. The van der Waals surface area contributed by atoms with E-state index in [9.17, 15) is 0 Å². The van der Waals surface area contributed by atoms with Gasteiger partial charge in [0.05, 0.1) is 5.54 Å². The van der Waals surface area contributed by atoms with Gasteiger partial charge in [0.1, 0.15) is 0 Å². The van der Waals surface area contributed by atoms with Crippen molar-refractivity contribution < 1.29 is 0 Å². The van der Waals surface area contributed by atoms with Gasteiger partial charge in [0.25, 0.3) is 0 Å². The summed E-state index contributed by atoms with van der Waals surface area (Å²) in [6.07, 6.45) is 6.01. The molecule has 1 aromatic carbocycles. The Bertz CT molecular complexity index is 490. The highest BCUT2D eigenvalue weighted by Crippen LogP contribution is 2.43. The molecule has 1 nitrogen and oxygen atoms in total. The van der Waals surface area contributed by atoms with Crippen molar-refractivity contribution in [1.82, 2.24) is 0 Å². The molecule has 0 heterocycles. The summed E-state index contributed by atoms with van der Waals surface area (Å²) in [5, 5.41) is 0. The summed E-state index contributed by atoms with van der Waals surface area (Å²) in [7, 11) is 0. The van der Waals surface area contributed by atoms with Crippen LogP contribution < -0.4 is 5.73 Å². The van der Waals surface area contributed by atoms with Crippen LogP contribution in [0.3, 0.4) is 0 Å². The van der Waals surface area contributed by atoms with Crippen LogP contribution >= 0.6 is 0 Å². The highest BCUT2D eigenvalue weighted by Gasteiger charge is 2.35. The average Bonchev–Trinajstić information content (AvgIpc) is 2.49. The molecule has 0 aromatic heterocycles. The largest absolute Gasteiger partial charge is 0.318 e. The second-order valence-electron chi connectivity index (χ2n) is 4.28. The summed E-state index contributed by atoms with van der Waals surface area (Å²) in [6, 6.07) is 8.29. The molecule has 1 atom stereocenters. The fourth-order valence-corrected chi connectivity index (χ4v) is 2.41. The van der Waals surface area contributed by atoms with E-state index in [1.165, 1.54) is 16.7 Å². The lowest BCUT2D eigenvalue weighted by Gasteiger charge is -2.22. The minimum atomic E-state index is -0.423. The van der Waals surface area contributed by atoms with E-state index >= 15 is 0 Å². The predicted octanol–water partition coefficient (Wildman–Crippen LogP) is 3.39. The molecule has 2 rings (SSSR count). The number of nitrogens with two attached hydrogens (primary N) is 1. The van der Waals surface area contributed by atoms with Gasteiger partial charge in [0, 0.05) is 0 Å². The Morgan fingerprint density at radius 2 is 2.00 bits per heavy atom. The standard InChI is InChI=1S/C15H17N/c1-4-8-11-12-9-6-7-10-14(12)15(3,16)13(11)5-2/h4-10H,2,16H2,1,3H3/b8-4-. The summed E-state index contributed by atoms with van der Waals surface area (Å²) >= 11 is 0.